The molecule has 30 heavy (non-hydrogen) atoms. The Kier molecular flexibility index (Phi) is 12.4. The summed E-state index contributed by atoms with van der Waals surface area (Å²) in [6.07, 6.45) is 11.2. The number of ether oxygens (including phenoxy) is 1. The van der Waals surface area contributed by atoms with Crippen molar-refractivity contribution in [1.82, 2.24) is 10.6 Å². The van der Waals surface area contributed by atoms with E-state index in [0.29, 0.717) is 42.3 Å². The van der Waals surface area contributed by atoms with Crippen LogP contribution < -0.4 is 10.6 Å². The minimum atomic E-state index is -0.722. The SMILES string of the molecule is CCC(C=S)SCCNCC(=S)NC[C@@H]1[C@H](C/C=C\CCCC(=O)O)[C@@H]2CC[C@H]1O2. The van der Waals surface area contributed by atoms with E-state index >= 15 is 0 Å². The van der Waals surface area contributed by atoms with Gasteiger partial charge in [-0.3, -0.25) is 4.79 Å². The highest BCUT2D eigenvalue weighted by molar-refractivity contribution is 8.01. The van der Waals surface area contributed by atoms with Gasteiger partial charge in [-0.25, -0.2) is 0 Å². The van der Waals surface area contributed by atoms with E-state index < -0.39 is 5.97 Å². The lowest BCUT2D eigenvalue weighted by atomic mass is 9.77. The van der Waals surface area contributed by atoms with E-state index in [1.807, 2.05) is 17.1 Å². The molecule has 0 spiro atoms. The van der Waals surface area contributed by atoms with Gasteiger partial charge in [-0.1, -0.05) is 43.5 Å². The second kappa shape index (κ2) is 14.5. The molecule has 170 valence electrons. The average Bonchev–Trinajstić information content (AvgIpc) is 3.33. The van der Waals surface area contributed by atoms with Gasteiger partial charge in [0.1, 0.15) is 0 Å². The predicted octanol–water partition coefficient (Wildman–Crippen LogP) is 4.00. The third-order valence-electron chi connectivity index (χ3n) is 5.91. The van der Waals surface area contributed by atoms with Gasteiger partial charge in [0.25, 0.3) is 0 Å². The van der Waals surface area contributed by atoms with Crippen LogP contribution in [0, 0.1) is 11.8 Å². The Morgan fingerprint density at radius 3 is 2.77 bits per heavy atom. The Hall–Kier alpha value is -0.540. The molecule has 2 bridgehead atoms. The number of carbonyl (C=O) groups is 1. The summed E-state index contributed by atoms with van der Waals surface area (Å²) in [4.78, 5) is 11.4. The Bertz CT molecular complexity index is 588. The molecule has 2 aliphatic rings. The fourth-order valence-electron chi connectivity index (χ4n) is 4.25. The normalized spacial score (nSPS) is 26.2. The molecular formula is C22H36N2O3S3. The third kappa shape index (κ3) is 8.91. The molecule has 2 heterocycles. The topological polar surface area (TPSA) is 70.6 Å². The summed E-state index contributed by atoms with van der Waals surface area (Å²) in [5.41, 5.74) is 0. The quantitative estimate of drug-likeness (QED) is 0.177. The van der Waals surface area contributed by atoms with Gasteiger partial charge in [0, 0.05) is 43.0 Å². The number of nitrogens with one attached hydrogen (secondary N) is 2. The summed E-state index contributed by atoms with van der Waals surface area (Å²) >= 11 is 12.4. The molecule has 0 aliphatic carbocycles. The molecule has 0 aromatic heterocycles. The van der Waals surface area contributed by atoms with Crippen molar-refractivity contribution in [3.63, 3.8) is 0 Å². The maximum absolute atomic E-state index is 10.6. The molecule has 0 aromatic rings. The van der Waals surface area contributed by atoms with Gasteiger partial charge in [-0.2, -0.15) is 11.8 Å². The Balaban J connectivity index is 1.63. The van der Waals surface area contributed by atoms with Crippen molar-refractivity contribution in [2.24, 2.45) is 11.8 Å². The number of hydrogen-bond acceptors (Lipinski definition) is 6. The van der Waals surface area contributed by atoms with E-state index in [0.717, 1.165) is 55.9 Å². The highest BCUT2D eigenvalue weighted by Crippen LogP contribution is 2.44. The van der Waals surface area contributed by atoms with Crippen LogP contribution in [-0.2, 0) is 9.53 Å². The molecule has 8 heteroatoms. The summed E-state index contributed by atoms with van der Waals surface area (Å²) in [7, 11) is 0. The molecule has 0 saturated carbocycles. The van der Waals surface area contributed by atoms with E-state index in [1.165, 1.54) is 0 Å². The molecule has 2 rings (SSSR count). The van der Waals surface area contributed by atoms with E-state index in [2.05, 4.69) is 29.7 Å². The highest BCUT2D eigenvalue weighted by Gasteiger charge is 2.47. The van der Waals surface area contributed by atoms with E-state index in [4.69, 9.17) is 34.3 Å². The average molecular weight is 473 g/mol. The van der Waals surface area contributed by atoms with Crippen molar-refractivity contribution in [2.75, 3.05) is 25.4 Å². The molecule has 2 saturated heterocycles. The smallest absolute Gasteiger partial charge is 0.303 e. The van der Waals surface area contributed by atoms with Crippen LogP contribution in [0.1, 0.15) is 51.9 Å². The maximum atomic E-state index is 10.6. The summed E-state index contributed by atoms with van der Waals surface area (Å²) in [5, 5.41) is 17.9. The second-order valence-corrected chi connectivity index (χ2v) is 10.2. The van der Waals surface area contributed by atoms with Crippen LogP contribution in [0.4, 0.5) is 0 Å². The lowest BCUT2D eigenvalue weighted by Crippen LogP contribution is -2.40. The van der Waals surface area contributed by atoms with Crippen LogP contribution >= 0.6 is 36.2 Å². The van der Waals surface area contributed by atoms with E-state index in [1.54, 1.807) is 0 Å². The Labute approximate surface area is 196 Å². The Morgan fingerprint density at radius 2 is 2.07 bits per heavy atom. The van der Waals surface area contributed by atoms with Gasteiger partial charge in [0.15, 0.2) is 0 Å². The maximum Gasteiger partial charge on any atom is 0.303 e. The molecule has 5 atom stereocenters. The van der Waals surface area contributed by atoms with E-state index in [9.17, 15) is 4.79 Å². The lowest BCUT2D eigenvalue weighted by Gasteiger charge is -2.28. The standard InChI is InChI=1S/C22H36N2O3S3/c1-2-16(15-28)30-12-11-23-14-21(29)24-13-18-17(19-9-10-20(18)27-19)7-5-3-4-6-8-22(25)26/h3,5,15-20,23H,2,4,6-14H2,1H3,(H,24,29)(H,25,26)/b5-3-/t16?,17-,18+,19-,20+/m0/s1. The number of fused-ring (bicyclic) bond motifs is 2. The highest BCUT2D eigenvalue weighted by atomic mass is 32.2. The minimum Gasteiger partial charge on any atom is -0.481 e. The van der Waals surface area contributed by atoms with Crippen molar-refractivity contribution >= 4 is 52.5 Å². The number of unbranched alkanes of at least 4 members (excludes halogenated alkanes) is 1. The molecule has 2 fully saturated rings. The monoisotopic (exact) mass is 472 g/mol. The summed E-state index contributed by atoms with van der Waals surface area (Å²) in [6, 6.07) is 0. The fourth-order valence-corrected chi connectivity index (χ4v) is 5.75. The molecule has 0 radical (unpaired) electrons. The third-order valence-corrected chi connectivity index (χ3v) is 8.04. The zero-order valence-electron chi connectivity index (χ0n) is 17.9. The first-order chi connectivity index (χ1) is 14.5. The Morgan fingerprint density at radius 1 is 1.30 bits per heavy atom. The molecule has 3 N–H and O–H groups in total. The van der Waals surface area contributed by atoms with Crippen LogP contribution in [-0.4, -0.2) is 64.3 Å². The number of rotatable bonds is 16. The number of carboxylic acid groups (broad SMARTS) is 1. The van der Waals surface area contributed by atoms with Crippen LogP contribution in [0.5, 0.6) is 0 Å². The minimum absolute atomic E-state index is 0.240. The summed E-state index contributed by atoms with van der Waals surface area (Å²) < 4.78 is 6.17. The number of carboxylic acids is 1. The number of thioether (sulfide) groups is 1. The first kappa shape index (κ1) is 25.7. The molecule has 0 amide bonds. The largest absolute Gasteiger partial charge is 0.481 e. The first-order valence-corrected chi connectivity index (χ1v) is 13.0. The van der Waals surface area contributed by atoms with Crippen LogP contribution in [0.3, 0.4) is 0 Å². The van der Waals surface area contributed by atoms with Gasteiger partial charge in [0.05, 0.1) is 17.2 Å². The van der Waals surface area contributed by atoms with Gasteiger partial charge in [-0.15, -0.1) is 0 Å². The van der Waals surface area contributed by atoms with E-state index in [-0.39, 0.29) is 6.42 Å². The van der Waals surface area contributed by atoms with Crippen molar-refractivity contribution < 1.29 is 14.6 Å². The lowest BCUT2D eigenvalue weighted by molar-refractivity contribution is -0.137. The van der Waals surface area contributed by atoms with Crippen molar-refractivity contribution in [3.05, 3.63) is 12.2 Å². The zero-order valence-corrected chi connectivity index (χ0v) is 20.3. The second-order valence-electron chi connectivity index (χ2n) is 8.05. The molecule has 2 aliphatic heterocycles. The van der Waals surface area contributed by atoms with Crippen molar-refractivity contribution in [2.45, 2.75) is 69.3 Å². The molecule has 5 nitrogen and oxygen atoms in total. The van der Waals surface area contributed by atoms with Crippen LogP contribution in [0.15, 0.2) is 12.2 Å². The number of allylic oxidation sites excluding steroid dienone is 2. The fraction of sp³-hybridized carbons (Fsp3) is 0.773. The van der Waals surface area contributed by atoms with Crippen LogP contribution in [0.2, 0.25) is 0 Å². The predicted molar refractivity (Wildman–Crippen MR) is 134 cm³/mol. The molecule has 1 unspecified atom stereocenters. The summed E-state index contributed by atoms with van der Waals surface area (Å²) in [6.45, 7) is 4.67. The van der Waals surface area contributed by atoms with Crippen molar-refractivity contribution in [3.8, 4) is 0 Å². The van der Waals surface area contributed by atoms with Crippen LogP contribution in [0.25, 0.3) is 0 Å². The zero-order chi connectivity index (χ0) is 21.8. The van der Waals surface area contributed by atoms with Gasteiger partial charge < -0.3 is 20.5 Å². The number of aliphatic carboxylic acids is 1. The van der Waals surface area contributed by atoms with Gasteiger partial charge in [-0.05, 0) is 49.8 Å². The molecule has 0 aromatic carbocycles. The summed E-state index contributed by atoms with van der Waals surface area (Å²) in [5.74, 6) is 1.34. The first-order valence-electron chi connectivity index (χ1n) is 11.1. The van der Waals surface area contributed by atoms with Gasteiger partial charge in [0.2, 0.25) is 0 Å². The number of hydrogen-bond donors (Lipinski definition) is 3. The van der Waals surface area contributed by atoms with Crippen molar-refractivity contribution in [1.29, 1.82) is 0 Å². The van der Waals surface area contributed by atoms with Gasteiger partial charge >= 0.3 is 5.97 Å². The number of thiocarbonyl (C=S) groups is 2. The molecular weight excluding hydrogens is 436 g/mol.